The molecule has 0 aliphatic rings. The molecule has 4 nitrogen and oxygen atoms in total. The van der Waals surface area contributed by atoms with E-state index in [0.717, 1.165) is 17.3 Å². The number of carbonyl (C=O) groups excluding carboxylic acids is 1. The van der Waals surface area contributed by atoms with Gasteiger partial charge in [0.15, 0.2) is 0 Å². The highest BCUT2D eigenvalue weighted by molar-refractivity contribution is 8.00. The number of hydrogen-bond acceptors (Lipinski definition) is 5. The second-order valence-corrected chi connectivity index (χ2v) is 7.32. The first-order valence-electron chi connectivity index (χ1n) is 7.37. The third kappa shape index (κ3) is 6.15. The molecular formula is C17H21NO3S2. The number of ether oxygens (including phenoxy) is 2. The van der Waals surface area contributed by atoms with Gasteiger partial charge in [-0.1, -0.05) is 6.07 Å². The first-order chi connectivity index (χ1) is 11.2. The van der Waals surface area contributed by atoms with Crippen LogP contribution in [-0.4, -0.2) is 30.6 Å². The molecule has 1 amide bonds. The van der Waals surface area contributed by atoms with E-state index in [1.807, 2.05) is 48.7 Å². The molecule has 0 radical (unpaired) electrons. The predicted molar refractivity (Wildman–Crippen MR) is 96.6 cm³/mol. The zero-order valence-corrected chi connectivity index (χ0v) is 14.9. The highest BCUT2D eigenvalue weighted by Gasteiger charge is 2.12. The van der Waals surface area contributed by atoms with Crippen LogP contribution in [0.2, 0.25) is 0 Å². The molecule has 0 saturated carbocycles. The molecule has 0 spiro atoms. The van der Waals surface area contributed by atoms with Crippen molar-refractivity contribution in [3.05, 3.63) is 46.7 Å². The molecule has 1 N–H and O–H groups in total. The normalized spacial score (nSPS) is 11.7. The monoisotopic (exact) mass is 351 g/mol. The van der Waals surface area contributed by atoms with Crippen LogP contribution in [0.15, 0.2) is 41.8 Å². The summed E-state index contributed by atoms with van der Waals surface area (Å²) < 4.78 is 10.7. The van der Waals surface area contributed by atoms with Crippen molar-refractivity contribution in [1.82, 2.24) is 5.32 Å². The molecule has 1 heterocycles. The van der Waals surface area contributed by atoms with E-state index in [0.29, 0.717) is 13.2 Å². The van der Waals surface area contributed by atoms with Gasteiger partial charge in [-0.3, -0.25) is 4.79 Å². The number of amides is 1. The smallest absolute Gasteiger partial charge is 0.233 e. The molecule has 1 atom stereocenters. The molecule has 6 heteroatoms. The SMILES string of the molecule is COc1ccc(OCCSC(C)C(=O)NCc2cccs2)cc1. The van der Waals surface area contributed by atoms with Gasteiger partial charge in [0.2, 0.25) is 5.91 Å². The van der Waals surface area contributed by atoms with Gasteiger partial charge in [-0.15, -0.1) is 23.1 Å². The van der Waals surface area contributed by atoms with Crippen LogP contribution < -0.4 is 14.8 Å². The van der Waals surface area contributed by atoms with E-state index < -0.39 is 0 Å². The average molecular weight is 351 g/mol. The van der Waals surface area contributed by atoms with Crippen molar-refractivity contribution in [2.75, 3.05) is 19.5 Å². The number of carbonyl (C=O) groups is 1. The van der Waals surface area contributed by atoms with Gasteiger partial charge >= 0.3 is 0 Å². The average Bonchev–Trinajstić information content (AvgIpc) is 3.10. The van der Waals surface area contributed by atoms with Crippen molar-refractivity contribution in [3.8, 4) is 11.5 Å². The van der Waals surface area contributed by atoms with E-state index in [1.165, 1.54) is 4.88 Å². The summed E-state index contributed by atoms with van der Waals surface area (Å²) in [7, 11) is 1.64. The van der Waals surface area contributed by atoms with E-state index in [-0.39, 0.29) is 11.2 Å². The Kier molecular flexibility index (Phi) is 7.29. The number of thiophene rings is 1. The van der Waals surface area contributed by atoms with Crippen molar-refractivity contribution < 1.29 is 14.3 Å². The molecule has 124 valence electrons. The molecule has 0 aliphatic carbocycles. The molecule has 1 aromatic heterocycles. The summed E-state index contributed by atoms with van der Waals surface area (Å²) in [6, 6.07) is 11.5. The summed E-state index contributed by atoms with van der Waals surface area (Å²) >= 11 is 3.24. The summed E-state index contributed by atoms with van der Waals surface area (Å²) in [4.78, 5) is 13.2. The van der Waals surface area contributed by atoms with Gasteiger partial charge in [0.25, 0.3) is 0 Å². The molecule has 23 heavy (non-hydrogen) atoms. The van der Waals surface area contributed by atoms with Gasteiger partial charge in [0.1, 0.15) is 11.5 Å². The third-order valence-corrected chi connectivity index (χ3v) is 5.16. The minimum atomic E-state index is -0.0885. The molecule has 0 bridgehead atoms. The van der Waals surface area contributed by atoms with Gasteiger partial charge in [0, 0.05) is 10.6 Å². The summed E-state index contributed by atoms with van der Waals surface area (Å²) in [5.41, 5.74) is 0. The number of benzene rings is 1. The predicted octanol–water partition coefficient (Wildman–Crippen LogP) is 3.57. The molecule has 2 rings (SSSR count). The Morgan fingerprint density at radius 3 is 2.65 bits per heavy atom. The van der Waals surface area contributed by atoms with Gasteiger partial charge in [-0.25, -0.2) is 0 Å². The molecule has 0 aliphatic heterocycles. The summed E-state index contributed by atoms with van der Waals surface area (Å²) in [6.07, 6.45) is 0. The fourth-order valence-electron chi connectivity index (χ4n) is 1.86. The van der Waals surface area contributed by atoms with Crippen LogP contribution >= 0.6 is 23.1 Å². The maximum atomic E-state index is 12.0. The van der Waals surface area contributed by atoms with E-state index in [9.17, 15) is 4.79 Å². The van der Waals surface area contributed by atoms with E-state index in [2.05, 4.69) is 5.32 Å². The largest absolute Gasteiger partial charge is 0.497 e. The fraction of sp³-hybridized carbons (Fsp3) is 0.353. The lowest BCUT2D eigenvalue weighted by molar-refractivity contribution is -0.120. The van der Waals surface area contributed by atoms with E-state index >= 15 is 0 Å². The Bertz CT molecular complexity index is 584. The minimum Gasteiger partial charge on any atom is -0.497 e. The van der Waals surface area contributed by atoms with Crippen molar-refractivity contribution >= 4 is 29.0 Å². The van der Waals surface area contributed by atoms with Crippen LogP contribution in [0.1, 0.15) is 11.8 Å². The van der Waals surface area contributed by atoms with Crippen molar-refractivity contribution in [2.45, 2.75) is 18.7 Å². The molecule has 0 fully saturated rings. The Balaban J connectivity index is 1.61. The van der Waals surface area contributed by atoms with Crippen molar-refractivity contribution in [1.29, 1.82) is 0 Å². The lowest BCUT2D eigenvalue weighted by Gasteiger charge is -2.12. The first-order valence-corrected chi connectivity index (χ1v) is 9.30. The Morgan fingerprint density at radius 2 is 2.00 bits per heavy atom. The lowest BCUT2D eigenvalue weighted by atomic mass is 10.3. The number of thioether (sulfide) groups is 1. The second-order valence-electron chi connectivity index (χ2n) is 4.83. The number of hydrogen-bond donors (Lipinski definition) is 1. The van der Waals surface area contributed by atoms with Gasteiger partial charge in [-0.05, 0) is 42.6 Å². The first kappa shape index (κ1) is 17.7. The van der Waals surface area contributed by atoms with Crippen LogP contribution in [0.5, 0.6) is 11.5 Å². The van der Waals surface area contributed by atoms with E-state index in [1.54, 1.807) is 30.2 Å². The van der Waals surface area contributed by atoms with Crippen LogP contribution in [0, 0.1) is 0 Å². The van der Waals surface area contributed by atoms with Gasteiger partial charge in [0.05, 0.1) is 25.5 Å². The van der Waals surface area contributed by atoms with Crippen molar-refractivity contribution in [2.24, 2.45) is 0 Å². The topological polar surface area (TPSA) is 47.6 Å². The minimum absolute atomic E-state index is 0.0628. The van der Waals surface area contributed by atoms with Crippen LogP contribution in [-0.2, 0) is 11.3 Å². The van der Waals surface area contributed by atoms with Crippen LogP contribution in [0.3, 0.4) is 0 Å². The van der Waals surface area contributed by atoms with Crippen LogP contribution in [0.25, 0.3) is 0 Å². The maximum absolute atomic E-state index is 12.0. The highest BCUT2D eigenvalue weighted by Crippen LogP contribution is 2.18. The molecule has 0 saturated heterocycles. The Hall–Kier alpha value is -1.66. The molecule has 1 unspecified atom stereocenters. The second kappa shape index (κ2) is 9.47. The van der Waals surface area contributed by atoms with Gasteiger partial charge < -0.3 is 14.8 Å². The number of nitrogens with one attached hydrogen (secondary N) is 1. The Labute approximate surface area is 145 Å². The number of rotatable bonds is 9. The molecule has 2 aromatic rings. The standard InChI is InChI=1S/C17H21NO3S2/c1-13(17(19)18-12-16-4-3-10-23-16)22-11-9-21-15-7-5-14(20-2)6-8-15/h3-8,10,13H,9,11-12H2,1-2H3,(H,18,19). The lowest BCUT2D eigenvalue weighted by Crippen LogP contribution is -2.30. The van der Waals surface area contributed by atoms with E-state index in [4.69, 9.17) is 9.47 Å². The Morgan fingerprint density at radius 1 is 1.26 bits per heavy atom. The third-order valence-electron chi connectivity index (χ3n) is 3.17. The highest BCUT2D eigenvalue weighted by atomic mass is 32.2. The molecular weight excluding hydrogens is 330 g/mol. The zero-order valence-electron chi connectivity index (χ0n) is 13.3. The number of methoxy groups -OCH3 is 1. The fourth-order valence-corrected chi connectivity index (χ4v) is 3.28. The summed E-state index contributed by atoms with van der Waals surface area (Å²) in [5.74, 6) is 2.44. The zero-order chi connectivity index (χ0) is 16.5. The van der Waals surface area contributed by atoms with Crippen molar-refractivity contribution in [3.63, 3.8) is 0 Å². The van der Waals surface area contributed by atoms with Crippen LogP contribution in [0.4, 0.5) is 0 Å². The summed E-state index contributed by atoms with van der Waals surface area (Å²) in [5, 5.41) is 4.87. The quantitative estimate of drug-likeness (QED) is 0.702. The molecule has 1 aromatic carbocycles. The summed E-state index contributed by atoms with van der Waals surface area (Å²) in [6.45, 7) is 3.09. The van der Waals surface area contributed by atoms with Gasteiger partial charge in [-0.2, -0.15) is 0 Å². The maximum Gasteiger partial charge on any atom is 0.233 e.